The Kier molecular flexibility index (Phi) is 3.88. The number of benzene rings is 1. The third-order valence-corrected chi connectivity index (χ3v) is 5.64. The zero-order valence-corrected chi connectivity index (χ0v) is 15.9. The summed E-state index contributed by atoms with van der Waals surface area (Å²) in [7, 11) is 1.93. The second-order valence-electron chi connectivity index (χ2n) is 6.22. The number of aromatic nitrogens is 5. The second kappa shape index (κ2) is 6.40. The van der Waals surface area contributed by atoms with Crippen molar-refractivity contribution in [3.8, 4) is 11.3 Å². The van der Waals surface area contributed by atoms with Gasteiger partial charge in [-0.05, 0) is 42.0 Å². The van der Waals surface area contributed by atoms with Gasteiger partial charge in [0.25, 0.3) is 0 Å². The van der Waals surface area contributed by atoms with Crippen LogP contribution in [0.25, 0.3) is 33.2 Å². The number of pyridine rings is 2. The predicted octanol–water partition coefficient (Wildman–Crippen LogP) is 5.32. The third kappa shape index (κ3) is 2.97. The summed E-state index contributed by atoms with van der Waals surface area (Å²) in [5, 5.41) is 8.13. The number of hydrogen-bond acceptors (Lipinski definition) is 4. The van der Waals surface area contributed by atoms with E-state index in [1.54, 1.807) is 24.2 Å². The third-order valence-electron chi connectivity index (χ3n) is 4.34. The van der Waals surface area contributed by atoms with Crippen molar-refractivity contribution in [2.75, 3.05) is 0 Å². The molecule has 0 atom stereocenters. The maximum Gasteiger partial charge on any atom is 0.138 e. The first-order chi connectivity index (χ1) is 13.2. The fraction of sp³-hybridized carbons (Fsp3) is 0.0500. The fourth-order valence-corrected chi connectivity index (χ4v) is 4.25. The average Bonchev–Trinajstić information content (AvgIpc) is 3.22. The van der Waals surface area contributed by atoms with E-state index in [1.807, 2.05) is 42.2 Å². The summed E-state index contributed by atoms with van der Waals surface area (Å²) in [5.41, 5.74) is 3.94. The van der Waals surface area contributed by atoms with E-state index in [9.17, 15) is 0 Å². The molecule has 5 aromatic rings. The van der Waals surface area contributed by atoms with Gasteiger partial charge < -0.3 is 4.98 Å². The number of aryl methyl sites for hydroxylation is 1. The number of nitrogens with zero attached hydrogens (tertiary/aromatic N) is 4. The minimum absolute atomic E-state index is 0.627. The maximum absolute atomic E-state index is 5.98. The highest BCUT2D eigenvalue weighted by Crippen LogP contribution is 2.40. The minimum atomic E-state index is 0.627. The van der Waals surface area contributed by atoms with Crippen molar-refractivity contribution in [3.05, 3.63) is 66.1 Å². The van der Waals surface area contributed by atoms with Gasteiger partial charge in [0.2, 0.25) is 0 Å². The van der Waals surface area contributed by atoms with Crippen LogP contribution >= 0.6 is 23.4 Å². The molecule has 5 rings (SSSR count). The standard InChI is InChI=1S/C20H14ClN5S/c1-26-11-13-9-12(4-6-16(13)25-26)18-19(15-3-2-8-22-20(15)24-18)27-17-7-5-14(21)10-23-17/h2-11H,1H3,(H,22,24). The predicted molar refractivity (Wildman–Crippen MR) is 109 cm³/mol. The van der Waals surface area contributed by atoms with Gasteiger partial charge >= 0.3 is 0 Å². The summed E-state index contributed by atoms with van der Waals surface area (Å²) < 4.78 is 1.83. The molecule has 132 valence electrons. The molecule has 0 aliphatic rings. The van der Waals surface area contributed by atoms with E-state index in [1.165, 1.54) is 0 Å². The number of hydrogen-bond donors (Lipinski definition) is 1. The molecule has 1 N–H and O–H groups in total. The van der Waals surface area contributed by atoms with Crippen LogP contribution in [0.3, 0.4) is 0 Å². The summed E-state index contributed by atoms with van der Waals surface area (Å²) in [4.78, 5) is 13.5. The van der Waals surface area contributed by atoms with E-state index in [0.29, 0.717) is 5.02 Å². The fourth-order valence-electron chi connectivity index (χ4n) is 3.14. The Labute approximate surface area is 164 Å². The Morgan fingerprint density at radius 1 is 1.11 bits per heavy atom. The van der Waals surface area contributed by atoms with Gasteiger partial charge in [0.1, 0.15) is 10.7 Å². The van der Waals surface area contributed by atoms with Gasteiger partial charge in [0, 0.05) is 41.3 Å². The Bertz CT molecular complexity index is 1270. The van der Waals surface area contributed by atoms with E-state index >= 15 is 0 Å². The van der Waals surface area contributed by atoms with Crippen LogP contribution in [0.1, 0.15) is 0 Å². The van der Waals surface area contributed by atoms with Gasteiger partial charge in [0.15, 0.2) is 0 Å². The first-order valence-corrected chi connectivity index (χ1v) is 9.57. The lowest BCUT2D eigenvalue weighted by Crippen LogP contribution is -1.84. The van der Waals surface area contributed by atoms with Crippen LogP contribution in [0.4, 0.5) is 0 Å². The van der Waals surface area contributed by atoms with Crippen molar-refractivity contribution >= 4 is 45.3 Å². The van der Waals surface area contributed by atoms with Crippen LogP contribution in [-0.4, -0.2) is 24.7 Å². The summed E-state index contributed by atoms with van der Waals surface area (Å²) in [6.45, 7) is 0. The molecular formula is C20H14ClN5S. The summed E-state index contributed by atoms with van der Waals surface area (Å²) >= 11 is 7.58. The van der Waals surface area contributed by atoms with E-state index in [0.717, 1.165) is 43.1 Å². The molecule has 7 heteroatoms. The van der Waals surface area contributed by atoms with Crippen LogP contribution < -0.4 is 0 Å². The molecule has 0 unspecified atom stereocenters. The number of H-pyrrole nitrogens is 1. The van der Waals surface area contributed by atoms with Gasteiger partial charge in [-0.2, -0.15) is 5.10 Å². The van der Waals surface area contributed by atoms with Gasteiger partial charge in [-0.1, -0.05) is 29.4 Å². The van der Waals surface area contributed by atoms with E-state index in [-0.39, 0.29) is 0 Å². The van der Waals surface area contributed by atoms with E-state index < -0.39 is 0 Å². The molecular weight excluding hydrogens is 378 g/mol. The van der Waals surface area contributed by atoms with Crippen LogP contribution in [-0.2, 0) is 7.05 Å². The Morgan fingerprint density at radius 2 is 2.04 bits per heavy atom. The van der Waals surface area contributed by atoms with Crippen LogP contribution in [0.15, 0.2) is 71.0 Å². The van der Waals surface area contributed by atoms with Crippen molar-refractivity contribution in [3.63, 3.8) is 0 Å². The molecule has 0 radical (unpaired) electrons. The second-order valence-corrected chi connectivity index (χ2v) is 7.69. The Hall–Kier alpha value is -2.83. The molecule has 0 aliphatic heterocycles. The van der Waals surface area contributed by atoms with Gasteiger partial charge in [-0.3, -0.25) is 4.68 Å². The van der Waals surface area contributed by atoms with Gasteiger partial charge in [0.05, 0.1) is 16.2 Å². The number of aromatic amines is 1. The first kappa shape index (κ1) is 16.4. The molecule has 0 aliphatic carbocycles. The minimum Gasteiger partial charge on any atom is -0.338 e. The molecule has 27 heavy (non-hydrogen) atoms. The van der Waals surface area contributed by atoms with E-state index in [4.69, 9.17) is 11.6 Å². The molecule has 0 fully saturated rings. The highest BCUT2D eigenvalue weighted by atomic mass is 35.5. The molecule has 0 bridgehead atoms. The molecule has 0 spiro atoms. The zero-order chi connectivity index (χ0) is 18.4. The largest absolute Gasteiger partial charge is 0.338 e. The van der Waals surface area contributed by atoms with Gasteiger partial charge in [-0.15, -0.1) is 0 Å². The van der Waals surface area contributed by atoms with Crippen molar-refractivity contribution in [2.45, 2.75) is 9.92 Å². The smallest absolute Gasteiger partial charge is 0.138 e. The SMILES string of the molecule is Cn1cc2cc(-c3[nH]c4ncccc4c3Sc3ccc(Cl)cn3)ccc2n1. The van der Waals surface area contributed by atoms with Crippen LogP contribution in [0.5, 0.6) is 0 Å². The maximum atomic E-state index is 5.98. The van der Waals surface area contributed by atoms with Crippen LogP contribution in [0, 0.1) is 0 Å². The molecule has 0 saturated heterocycles. The average molecular weight is 392 g/mol. The quantitative estimate of drug-likeness (QED) is 0.452. The highest BCUT2D eigenvalue weighted by Gasteiger charge is 2.16. The van der Waals surface area contributed by atoms with Gasteiger partial charge in [-0.25, -0.2) is 9.97 Å². The van der Waals surface area contributed by atoms with Crippen LogP contribution in [0.2, 0.25) is 5.02 Å². The van der Waals surface area contributed by atoms with Crippen molar-refractivity contribution in [1.29, 1.82) is 0 Å². The Morgan fingerprint density at radius 3 is 2.89 bits per heavy atom. The summed E-state index contributed by atoms with van der Waals surface area (Å²) in [5.74, 6) is 0. The molecule has 0 saturated carbocycles. The molecule has 4 aromatic heterocycles. The molecule has 4 heterocycles. The summed E-state index contributed by atoms with van der Waals surface area (Å²) in [6, 6.07) is 14.1. The molecule has 0 amide bonds. The van der Waals surface area contributed by atoms with Crippen molar-refractivity contribution in [2.24, 2.45) is 7.05 Å². The number of fused-ring (bicyclic) bond motifs is 2. The lowest BCUT2D eigenvalue weighted by atomic mass is 10.1. The number of nitrogens with one attached hydrogen (secondary N) is 1. The number of rotatable bonds is 3. The zero-order valence-electron chi connectivity index (χ0n) is 14.3. The number of halogens is 1. The van der Waals surface area contributed by atoms with Crippen molar-refractivity contribution < 1.29 is 0 Å². The monoisotopic (exact) mass is 391 g/mol. The topological polar surface area (TPSA) is 59.4 Å². The normalized spacial score (nSPS) is 11.5. The van der Waals surface area contributed by atoms with Crippen molar-refractivity contribution in [1.82, 2.24) is 24.7 Å². The Balaban J connectivity index is 1.69. The highest BCUT2D eigenvalue weighted by molar-refractivity contribution is 7.99. The summed E-state index contributed by atoms with van der Waals surface area (Å²) in [6.07, 6.45) is 5.48. The molecule has 5 nitrogen and oxygen atoms in total. The lowest BCUT2D eigenvalue weighted by molar-refractivity contribution is 0.780. The first-order valence-electron chi connectivity index (χ1n) is 8.37. The lowest BCUT2D eigenvalue weighted by Gasteiger charge is -2.05. The molecule has 1 aromatic carbocycles. The van der Waals surface area contributed by atoms with E-state index in [2.05, 4.69) is 38.2 Å².